The van der Waals surface area contributed by atoms with Crippen molar-refractivity contribution in [3.05, 3.63) is 54.1 Å². The number of aryl methyl sites for hydroxylation is 1. The first-order chi connectivity index (χ1) is 5.77. The van der Waals surface area contributed by atoms with E-state index in [-0.39, 0.29) is 0 Å². The Bertz CT molecular complexity index is 288. The number of rotatable bonds is 2. The van der Waals surface area contributed by atoms with Crippen LogP contribution in [0.15, 0.2) is 43.0 Å². The van der Waals surface area contributed by atoms with Crippen LogP contribution in [0.5, 0.6) is 0 Å². The van der Waals surface area contributed by atoms with Crippen molar-refractivity contribution in [1.82, 2.24) is 0 Å². The maximum Gasteiger partial charge on any atom is -0.0187 e. The Balaban J connectivity index is 3.04. The lowest BCUT2D eigenvalue weighted by molar-refractivity contribution is 1.45. The van der Waals surface area contributed by atoms with E-state index in [1.54, 1.807) is 0 Å². The highest BCUT2D eigenvalue weighted by molar-refractivity contribution is 5.73. The number of hydrogen-bond acceptors (Lipinski definition) is 0. The van der Waals surface area contributed by atoms with Gasteiger partial charge in [0, 0.05) is 0 Å². The molecule has 0 bridgehead atoms. The molecule has 0 aliphatic carbocycles. The van der Waals surface area contributed by atoms with Gasteiger partial charge in [0.2, 0.25) is 0 Å². The van der Waals surface area contributed by atoms with Gasteiger partial charge in [0.1, 0.15) is 0 Å². The van der Waals surface area contributed by atoms with Crippen LogP contribution in [0.3, 0.4) is 0 Å². The molecule has 12 heavy (non-hydrogen) atoms. The minimum atomic E-state index is 1.19. The standard InChI is InChI=1S/C12H14/c1-4-11(5-2)12-8-6-10(3)7-9-12/h4-9H,1H2,2-3H3/b11-5+. The molecule has 0 amide bonds. The Labute approximate surface area is 74.2 Å². The molecule has 0 N–H and O–H groups in total. The maximum absolute atomic E-state index is 3.76. The fourth-order valence-electron chi connectivity index (χ4n) is 1.15. The Morgan fingerprint density at radius 1 is 1.25 bits per heavy atom. The van der Waals surface area contributed by atoms with E-state index in [1.807, 2.05) is 13.0 Å². The summed E-state index contributed by atoms with van der Waals surface area (Å²) < 4.78 is 0. The van der Waals surface area contributed by atoms with Gasteiger partial charge in [-0.05, 0) is 25.0 Å². The molecule has 0 heteroatoms. The first-order valence-corrected chi connectivity index (χ1v) is 4.13. The van der Waals surface area contributed by atoms with Gasteiger partial charge in [0.15, 0.2) is 0 Å². The van der Waals surface area contributed by atoms with Crippen LogP contribution in [-0.2, 0) is 0 Å². The van der Waals surface area contributed by atoms with Gasteiger partial charge in [-0.1, -0.05) is 48.6 Å². The minimum absolute atomic E-state index is 1.19. The summed E-state index contributed by atoms with van der Waals surface area (Å²) in [5.74, 6) is 0. The second-order valence-corrected chi connectivity index (χ2v) is 2.81. The fourth-order valence-corrected chi connectivity index (χ4v) is 1.15. The zero-order valence-electron chi connectivity index (χ0n) is 7.67. The molecule has 62 valence electrons. The molecule has 0 aliphatic heterocycles. The second-order valence-electron chi connectivity index (χ2n) is 2.81. The van der Waals surface area contributed by atoms with Gasteiger partial charge in [0.05, 0.1) is 0 Å². The van der Waals surface area contributed by atoms with Crippen LogP contribution in [0, 0.1) is 6.92 Å². The molecule has 0 atom stereocenters. The first kappa shape index (κ1) is 8.79. The van der Waals surface area contributed by atoms with Crippen LogP contribution >= 0.6 is 0 Å². The third kappa shape index (κ3) is 1.85. The maximum atomic E-state index is 3.76. The molecule has 0 heterocycles. The molecule has 0 spiro atoms. The van der Waals surface area contributed by atoms with Crippen LogP contribution < -0.4 is 0 Å². The predicted molar refractivity (Wildman–Crippen MR) is 55.0 cm³/mol. The van der Waals surface area contributed by atoms with E-state index in [9.17, 15) is 0 Å². The van der Waals surface area contributed by atoms with Crippen molar-refractivity contribution in [3.8, 4) is 0 Å². The van der Waals surface area contributed by atoms with Gasteiger partial charge >= 0.3 is 0 Å². The van der Waals surface area contributed by atoms with E-state index in [0.29, 0.717) is 0 Å². The monoisotopic (exact) mass is 158 g/mol. The second kappa shape index (κ2) is 3.91. The van der Waals surface area contributed by atoms with Crippen LogP contribution in [0.1, 0.15) is 18.1 Å². The fraction of sp³-hybridized carbons (Fsp3) is 0.167. The molecule has 0 nitrogen and oxygen atoms in total. The summed E-state index contributed by atoms with van der Waals surface area (Å²) in [6.45, 7) is 7.88. The highest BCUT2D eigenvalue weighted by atomic mass is 14.0. The van der Waals surface area contributed by atoms with E-state index in [0.717, 1.165) is 0 Å². The Kier molecular flexibility index (Phi) is 2.87. The van der Waals surface area contributed by atoms with Crippen molar-refractivity contribution in [3.63, 3.8) is 0 Å². The van der Waals surface area contributed by atoms with Gasteiger partial charge in [-0.2, -0.15) is 0 Å². The molecule has 0 saturated heterocycles. The van der Waals surface area contributed by atoms with Crippen LogP contribution in [0.4, 0.5) is 0 Å². The van der Waals surface area contributed by atoms with Crippen molar-refractivity contribution < 1.29 is 0 Å². The summed E-state index contributed by atoms with van der Waals surface area (Å²) in [6, 6.07) is 8.46. The van der Waals surface area contributed by atoms with E-state index >= 15 is 0 Å². The van der Waals surface area contributed by atoms with E-state index in [2.05, 4.69) is 43.8 Å². The Morgan fingerprint density at radius 3 is 2.25 bits per heavy atom. The van der Waals surface area contributed by atoms with Crippen molar-refractivity contribution in [2.75, 3.05) is 0 Å². The SMILES string of the molecule is C=C/C(=C\C)c1ccc(C)cc1. The molecule has 0 radical (unpaired) electrons. The molecule has 1 rings (SSSR count). The first-order valence-electron chi connectivity index (χ1n) is 4.13. The lowest BCUT2D eigenvalue weighted by Gasteiger charge is -2.01. The van der Waals surface area contributed by atoms with Gasteiger partial charge in [-0.15, -0.1) is 0 Å². The van der Waals surface area contributed by atoms with Gasteiger partial charge in [-0.3, -0.25) is 0 Å². The zero-order valence-corrected chi connectivity index (χ0v) is 7.67. The third-order valence-electron chi connectivity index (χ3n) is 1.92. The summed E-state index contributed by atoms with van der Waals surface area (Å²) in [6.07, 6.45) is 3.95. The lowest BCUT2D eigenvalue weighted by Crippen LogP contribution is -1.79. The highest BCUT2D eigenvalue weighted by Crippen LogP contribution is 2.15. The molecule has 1 aromatic carbocycles. The minimum Gasteiger partial charge on any atom is -0.0985 e. The third-order valence-corrected chi connectivity index (χ3v) is 1.92. The van der Waals surface area contributed by atoms with E-state index < -0.39 is 0 Å². The number of benzene rings is 1. The largest absolute Gasteiger partial charge is 0.0985 e. The summed E-state index contributed by atoms with van der Waals surface area (Å²) >= 11 is 0. The molecule has 1 aromatic rings. The van der Waals surface area contributed by atoms with E-state index in [1.165, 1.54) is 16.7 Å². The molecule has 0 saturated carbocycles. The molecule has 0 fully saturated rings. The van der Waals surface area contributed by atoms with Crippen molar-refractivity contribution in [1.29, 1.82) is 0 Å². The number of hydrogen-bond donors (Lipinski definition) is 0. The molecule has 0 aliphatic rings. The highest BCUT2D eigenvalue weighted by Gasteiger charge is 1.93. The van der Waals surface area contributed by atoms with Crippen molar-refractivity contribution in [2.24, 2.45) is 0 Å². The zero-order chi connectivity index (χ0) is 8.97. The number of allylic oxidation sites excluding steroid dienone is 3. The summed E-state index contributed by atoms with van der Waals surface area (Å²) in [5, 5.41) is 0. The van der Waals surface area contributed by atoms with Crippen LogP contribution in [-0.4, -0.2) is 0 Å². The molecule has 0 unspecified atom stereocenters. The van der Waals surface area contributed by atoms with Crippen molar-refractivity contribution in [2.45, 2.75) is 13.8 Å². The normalized spacial score (nSPS) is 11.3. The summed E-state index contributed by atoms with van der Waals surface area (Å²) in [4.78, 5) is 0. The average molecular weight is 158 g/mol. The lowest BCUT2D eigenvalue weighted by atomic mass is 10.0. The average Bonchev–Trinajstić information content (AvgIpc) is 2.10. The molecular weight excluding hydrogens is 144 g/mol. The quantitative estimate of drug-likeness (QED) is 0.577. The van der Waals surface area contributed by atoms with Gasteiger partial charge in [-0.25, -0.2) is 0 Å². The van der Waals surface area contributed by atoms with Gasteiger partial charge < -0.3 is 0 Å². The summed E-state index contributed by atoms with van der Waals surface area (Å²) in [5.41, 5.74) is 3.71. The topological polar surface area (TPSA) is 0 Å². The summed E-state index contributed by atoms with van der Waals surface area (Å²) in [7, 11) is 0. The van der Waals surface area contributed by atoms with Crippen molar-refractivity contribution >= 4 is 5.57 Å². The Morgan fingerprint density at radius 2 is 1.83 bits per heavy atom. The molecular formula is C12H14. The Hall–Kier alpha value is -1.30. The smallest absolute Gasteiger partial charge is 0.0187 e. The molecule has 0 aromatic heterocycles. The van der Waals surface area contributed by atoms with E-state index in [4.69, 9.17) is 0 Å². The van der Waals surface area contributed by atoms with Crippen LogP contribution in [0.2, 0.25) is 0 Å². The van der Waals surface area contributed by atoms with Crippen LogP contribution in [0.25, 0.3) is 5.57 Å². The predicted octanol–water partition coefficient (Wildman–Crippen LogP) is 3.58. The van der Waals surface area contributed by atoms with Gasteiger partial charge in [0.25, 0.3) is 0 Å².